The minimum Gasteiger partial charge on any atom is -0.370 e. The summed E-state index contributed by atoms with van der Waals surface area (Å²) in [6.07, 6.45) is 4.57. The standard InChI is InChI=1S/C16H29N3O/c1-12-17-9-13(10-18-15(2,3)4)19(12)11-14-7-8-16(5,6)20-14/h9,14,18H,7-8,10-11H2,1-6H3. The number of rotatable bonds is 4. The van der Waals surface area contributed by atoms with Gasteiger partial charge in [0.05, 0.1) is 23.9 Å². The number of nitrogens with zero attached hydrogens (tertiary/aromatic N) is 2. The summed E-state index contributed by atoms with van der Waals surface area (Å²) in [5.41, 5.74) is 1.39. The predicted octanol–water partition coefficient (Wildman–Crippen LogP) is 3.04. The van der Waals surface area contributed by atoms with E-state index in [1.54, 1.807) is 0 Å². The molecule has 0 spiro atoms. The Bertz CT molecular complexity index is 457. The zero-order chi connectivity index (χ0) is 15.0. The first-order valence-electron chi connectivity index (χ1n) is 7.60. The number of hydrogen-bond donors (Lipinski definition) is 1. The zero-order valence-electron chi connectivity index (χ0n) is 13.8. The van der Waals surface area contributed by atoms with Crippen molar-refractivity contribution in [2.24, 2.45) is 0 Å². The van der Waals surface area contributed by atoms with Crippen molar-refractivity contribution in [3.63, 3.8) is 0 Å². The molecular formula is C16H29N3O. The van der Waals surface area contributed by atoms with Gasteiger partial charge in [0.1, 0.15) is 5.82 Å². The molecule has 1 atom stereocenters. The highest BCUT2D eigenvalue weighted by molar-refractivity contribution is 5.05. The van der Waals surface area contributed by atoms with Gasteiger partial charge in [0.2, 0.25) is 0 Å². The zero-order valence-corrected chi connectivity index (χ0v) is 13.8. The molecule has 1 aliphatic rings. The molecule has 114 valence electrons. The van der Waals surface area contributed by atoms with Crippen LogP contribution in [0.15, 0.2) is 6.20 Å². The molecule has 0 aliphatic carbocycles. The molecule has 0 aromatic carbocycles. The number of aryl methyl sites for hydroxylation is 1. The molecule has 4 nitrogen and oxygen atoms in total. The third-order valence-electron chi connectivity index (χ3n) is 3.88. The predicted molar refractivity (Wildman–Crippen MR) is 81.7 cm³/mol. The summed E-state index contributed by atoms with van der Waals surface area (Å²) < 4.78 is 8.40. The van der Waals surface area contributed by atoms with Crippen LogP contribution in [0.25, 0.3) is 0 Å². The van der Waals surface area contributed by atoms with Crippen LogP contribution in [-0.2, 0) is 17.8 Å². The molecule has 0 bridgehead atoms. The lowest BCUT2D eigenvalue weighted by Crippen LogP contribution is -2.36. The molecule has 0 radical (unpaired) electrons. The van der Waals surface area contributed by atoms with Crippen molar-refractivity contribution < 1.29 is 4.74 Å². The van der Waals surface area contributed by atoms with E-state index in [2.05, 4.69) is 56.4 Å². The summed E-state index contributed by atoms with van der Waals surface area (Å²) in [7, 11) is 0. The maximum Gasteiger partial charge on any atom is 0.105 e. The van der Waals surface area contributed by atoms with Gasteiger partial charge in [0.25, 0.3) is 0 Å². The van der Waals surface area contributed by atoms with Gasteiger partial charge in [-0.25, -0.2) is 4.98 Å². The summed E-state index contributed by atoms with van der Waals surface area (Å²) in [5, 5.41) is 3.53. The molecule has 0 saturated carbocycles. The largest absolute Gasteiger partial charge is 0.370 e. The molecule has 2 rings (SSSR count). The molecule has 1 aromatic heterocycles. The summed E-state index contributed by atoms with van der Waals surface area (Å²) in [6, 6.07) is 0. The van der Waals surface area contributed by atoms with E-state index < -0.39 is 0 Å². The number of ether oxygens (including phenoxy) is 1. The summed E-state index contributed by atoms with van der Waals surface area (Å²) in [6.45, 7) is 14.7. The van der Waals surface area contributed by atoms with E-state index in [-0.39, 0.29) is 11.1 Å². The van der Waals surface area contributed by atoms with Gasteiger partial charge in [-0.2, -0.15) is 0 Å². The van der Waals surface area contributed by atoms with Crippen LogP contribution in [0.5, 0.6) is 0 Å². The Hall–Kier alpha value is -0.870. The maximum absolute atomic E-state index is 6.11. The Morgan fingerprint density at radius 3 is 2.70 bits per heavy atom. The van der Waals surface area contributed by atoms with Crippen LogP contribution >= 0.6 is 0 Å². The third-order valence-corrected chi connectivity index (χ3v) is 3.88. The first-order valence-corrected chi connectivity index (χ1v) is 7.60. The van der Waals surface area contributed by atoms with E-state index in [0.717, 1.165) is 31.8 Å². The van der Waals surface area contributed by atoms with Gasteiger partial charge in [-0.1, -0.05) is 0 Å². The molecule has 1 saturated heterocycles. The van der Waals surface area contributed by atoms with E-state index in [1.807, 2.05) is 6.20 Å². The van der Waals surface area contributed by atoms with Gasteiger partial charge in [-0.3, -0.25) is 0 Å². The summed E-state index contributed by atoms with van der Waals surface area (Å²) >= 11 is 0. The normalized spacial score (nSPS) is 22.4. The lowest BCUT2D eigenvalue weighted by molar-refractivity contribution is -0.0222. The van der Waals surface area contributed by atoms with E-state index in [1.165, 1.54) is 5.69 Å². The highest BCUT2D eigenvalue weighted by Crippen LogP contribution is 2.30. The first kappa shape index (κ1) is 15.5. The van der Waals surface area contributed by atoms with E-state index in [4.69, 9.17) is 4.74 Å². The van der Waals surface area contributed by atoms with Crippen LogP contribution in [0.2, 0.25) is 0 Å². The second kappa shape index (κ2) is 5.49. The minimum absolute atomic E-state index is 0.0307. The van der Waals surface area contributed by atoms with Crippen LogP contribution in [0.4, 0.5) is 0 Å². The van der Waals surface area contributed by atoms with Crippen LogP contribution in [-0.4, -0.2) is 26.8 Å². The second-order valence-corrected chi connectivity index (χ2v) is 7.55. The van der Waals surface area contributed by atoms with Crippen molar-refractivity contribution in [2.75, 3.05) is 0 Å². The monoisotopic (exact) mass is 279 g/mol. The molecule has 1 unspecified atom stereocenters. The summed E-state index contributed by atoms with van der Waals surface area (Å²) in [4.78, 5) is 4.46. The fourth-order valence-corrected chi connectivity index (χ4v) is 2.67. The molecule has 4 heteroatoms. The van der Waals surface area contributed by atoms with Crippen LogP contribution in [0.1, 0.15) is 59.0 Å². The van der Waals surface area contributed by atoms with Gasteiger partial charge >= 0.3 is 0 Å². The smallest absolute Gasteiger partial charge is 0.105 e. The molecular weight excluding hydrogens is 250 g/mol. The Labute approximate surface area is 122 Å². The van der Waals surface area contributed by atoms with E-state index in [0.29, 0.717) is 6.10 Å². The first-order chi connectivity index (χ1) is 9.16. The molecule has 1 aliphatic heterocycles. The topological polar surface area (TPSA) is 39.1 Å². The van der Waals surface area contributed by atoms with Gasteiger partial charge in [-0.05, 0) is 54.4 Å². The van der Waals surface area contributed by atoms with Gasteiger partial charge in [0.15, 0.2) is 0 Å². The van der Waals surface area contributed by atoms with Crippen LogP contribution < -0.4 is 5.32 Å². The molecule has 2 heterocycles. The van der Waals surface area contributed by atoms with Crippen molar-refractivity contribution >= 4 is 0 Å². The van der Waals surface area contributed by atoms with E-state index in [9.17, 15) is 0 Å². The lowest BCUT2D eigenvalue weighted by atomic mass is 10.1. The van der Waals surface area contributed by atoms with Gasteiger partial charge in [-0.15, -0.1) is 0 Å². The third kappa shape index (κ3) is 4.06. The number of hydrogen-bond acceptors (Lipinski definition) is 3. The van der Waals surface area contributed by atoms with Crippen molar-refractivity contribution in [1.29, 1.82) is 0 Å². The quantitative estimate of drug-likeness (QED) is 0.920. The number of imidazole rings is 1. The maximum atomic E-state index is 6.11. The fourth-order valence-electron chi connectivity index (χ4n) is 2.67. The van der Waals surface area contributed by atoms with Crippen molar-refractivity contribution in [2.45, 2.75) is 84.7 Å². The Balaban J connectivity index is 2.02. The molecule has 1 N–H and O–H groups in total. The number of nitrogens with one attached hydrogen (secondary N) is 1. The second-order valence-electron chi connectivity index (χ2n) is 7.55. The lowest BCUT2D eigenvalue weighted by Gasteiger charge is -2.23. The Morgan fingerprint density at radius 2 is 2.15 bits per heavy atom. The molecule has 1 fully saturated rings. The van der Waals surface area contributed by atoms with Gasteiger partial charge < -0.3 is 14.6 Å². The fraction of sp³-hybridized carbons (Fsp3) is 0.812. The van der Waals surface area contributed by atoms with Gasteiger partial charge in [0, 0.05) is 18.3 Å². The van der Waals surface area contributed by atoms with Crippen LogP contribution in [0, 0.1) is 6.92 Å². The SMILES string of the molecule is Cc1ncc(CNC(C)(C)C)n1CC1CCC(C)(C)O1. The average Bonchev–Trinajstić information content (AvgIpc) is 2.81. The molecule has 0 amide bonds. The van der Waals surface area contributed by atoms with E-state index >= 15 is 0 Å². The minimum atomic E-state index is 0.0307. The Morgan fingerprint density at radius 1 is 1.45 bits per heavy atom. The van der Waals surface area contributed by atoms with Crippen molar-refractivity contribution in [3.8, 4) is 0 Å². The summed E-state index contributed by atoms with van der Waals surface area (Å²) in [5.74, 6) is 1.07. The number of aromatic nitrogens is 2. The average molecular weight is 279 g/mol. The van der Waals surface area contributed by atoms with Crippen molar-refractivity contribution in [3.05, 3.63) is 17.7 Å². The van der Waals surface area contributed by atoms with Crippen LogP contribution in [0.3, 0.4) is 0 Å². The van der Waals surface area contributed by atoms with Crippen molar-refractivity contribution in [1.82, 2.24) is 14.9 Å². The highest BCUT2D eigenvalue weighted by Gasteiger charge is 2.32. The molecule has 20 heavy (non-hydrogen) atoms. The highest BCUT2D eigenvalue weighted by atomic mass is 16.5. The molecule has 1 aromatic rings. The Kier molecular flexibility index (Phi) is 4.26.